The molecule has 0 saturated carbocycles. The third-order valence-electron chi connectivity index (χ3n) is 3.90. The molecule has 5 heteroatoms. The summed E-state index contributed by atoms with van der Waals surface area (Å²) < 4.78 is 15.7. The molecule has 0 spiro atoms. The van der Waals surface area contributed by atoms with E-state index in [9.17, 15) is 9.18 Å². The molecular weight excluding hydrogens is 245 g/mol. The highest BCUT2D eigenvalue weighted by molar-refractivity contribution is 5.87. The van der Waals surface area contributed by atoms with Crippen LogP contribution in [0.4, 0.5) is 4.39 Å². The first-order chi connectivity index (χ1) is 8.72. The average molecular weight is 267 g/mol. The van der Waals surface area contributed by atoms with Crippen molar-refractivity contribution >= 4 is 5.91 Å². The highest BCUT2D eigenvalue weighted by Crippen LogP contribution is 2.30. The van der Waals surface area contributed by atoms with Crippen LogP contribution in [0.5, 0.6) is 0 Å². The number of carbonyl (C=O) groups is 1. The Morgan fingerprint density at radius 1 is 1.53 bits per heavy atom. The maximum absolute atomic E-state index is 14.1. The van der Waals surface area contributed by atoms with Crippen LogP contribution in [0.1, 0.15) is 39.2 Å². The van der Waals surface area contributed by atoms with Crippen LogP contribution in [-0.4, -0.2) is 39.3 Å². The number of likely N-dealkylation sites (tertiary alicyclic amines) is 1. The molecule has 1 aliphatic heterocycles. The van der Waals surface area contributed by atoms with Crippen molar-refractivity contribution in [1.29, 1.82) is 0 Å². The van der Waals surface area contributed by atoms with Crippen molar-refractivity contribution in [2.75, 3.05) is 13.1 Å². The van der Waals surface area contributed by atoms with E-state index in [-0.39, 0.29) is 12.5 Å². The quantitative estimate of drug-likeness (QED) is 0.822. The van der Waals surface area contributed by atoms with Crippen LogP contribution in [-0.2, 0) is 17.3 Å². The fourth-order valence-electron chi connectivity index (χ4n) is 2.63. The topological polar surface area (TPSA) is 38.1 Å². The molecule has 0 aliphatic carbocycles. The second-order valence-electron chi connectivity index (χ2n) is 6.27. The van der Waals surface area contributed by atoms with Gasteiger partial charge >= 0.3 is 0 Å². The summed E-state index contributed by atoms with van der Waals surface area (Å²) in [6, 6.07) is 0. The van der Waals surface area contributed by atoms with Gasteiger partial charge < -0.3 is 4.90 Å². The molecule has 0 bridgehead atoms. The van der Waals surface area contributed by atoms with E-state index in [0.717, 1.165) is 12.0 Å². The predicted molar refractivity (Wildman–Crippen MR) is 71.6 cm³/mol. The number of halogens is 1. The number of rotatable bonds is 2. The third-order valence-corrected chi connectivity index (χ3v) is 3.90. The second kappa shape index (κ2) is 4.62. The summed E-state index contributed by atoms with van der Waals surface area (Å²) in [5, 5.41) is 4.11. The lowest BCUT2D eigenvalue weighted by molar-refractivity contribution is -0.140. The van der Waals surface area contributed by atoms with Crippen molar-refractivity contribution in [2.24, 2.45) is 7.05 Å². The summed E-state index contributed by atoms with van der Waals surface area (Å²) in [6.07, 6.45) is 4.80. The van der Waals surface area contributed by atoms with Crippen molar-refractivity contribution in [3.05, 3.63) is 18.0 Å². The van der Waals surface area contributed by atoms with E-state index in [4.69, 9.17) is 0 Å². The number of hydrogen-bond acceptors (Lipinski definition) is 2. The van der Waals surface area contributed by atoms with E-state index >= 15 is 0 Å². The molecule has 1 fully saturated rings. The van der Waals surface area contributed by atoms with Gasteiger partial charge in [0.15, 0.2) is 0 Å². The number of aromatic nitrogens is 2. The largest absolute Gasteiger partial charge is 0.339 e. The molecule has 0 radical (unpaired) electrons. The van der Waals surface area contributed by atoms with Gasteiger partial charge in [0.1, 0.15) is 5.67 Å². The Kier molecular flexibility index (Phi) is 3.41. The Labute approximate surface area is 113 Å². The zero-order chi connectivity index (χ0) is 14.3. The molecule has 1 unspecified atom stereocenters. The first-order valence-corrected chi connectivity index (χ1v) is 6.70. The Bertz CT molecular complexity index is 479. The maximum atomic E-state index is 14.1. The fraction of sp³-hybridized carbons (Fsp3) is 0.714. The highest BCUT2D eigenvalue weighted by atomic mass is 19.1. The normalized spacial score (nSPS) is 24.6. The molecule has 1 amide bonds. The Balaban J connectivity index is 2.18. The van der Waals surface area contributed by atoms with Gasteiger partial charge in [-0.05, 0) is 33.6 Å². The molecule has 1 aromatic heterocycles. The molecule has 0 N–H and O–H groups in total. The van der Waals surface area contributed by atoms with Crippen LogP contribution in [0.15, 0.2) is 12.4 Å². The molecule has 2 rings (SSSR count). The van der Waals surface area contributed by atoms with E-state index in [0.29, 0.717) is 13.0 Å². The van der Waals surface area contributed by atoms with Crippen LogP contribution < -0.4 is 0 Å². The molecule has 4 nitrogen and oxygen atoms in total. The molecule has 2 heterocycles. The van der Waals surface area contributed by atoms with Crippen LogP contribution in [0.25, 0.3) is 0 Å². The van der Waals surface area contributed by atoms with Gasteiger partial charge in [-0.25, -0.2) is 4.39 Å². The number of hydrogen-bond donors (Lipinski definition) is 0. The van der Waals surface area contributed by atoms with E-state index in [1.54, 1.807) is 22.7 Å². The highest BCUT2D eigenvalue weighted by Gasteiger charge is 2.39. The lowest BCUT2D eigenvalue weighted by Gasteiger charge is -2.39. The van der Waals surface area contributed by atoms with Crippen LogP contribution in [0.3, 0.4) is 0 Å². The van der Waals surface area contributed by atoms with E-state index < -0.39 is 11.1 Å². The molecular formula is C14H22FN3O. The number of alkyl halides is 1. The molecule has 1 aromatic rings. The number of aryl methyl sites for hydroxylation is 1. The van der Waals surface area contributed by atoms with Gasteiger partial charge in [0.05, 0.1) is 18.2 Å². The predicted octanol–water partition coefficient (Wildman–Crippen LogP) is 2.05. The van der Waals surface area contributed by atoms with Crippen molar-refractivity contribution < 1.29 is 9.18 Å². The van der Waals surface area contributed by atoms with Crippen molar-refractivity contribution in [3.63, 3.8) is 0 Å². The first-order valence-electron chi connectivity index (χ1n) is 6.70. The fourth-order valence-corrected chi connectivity index (χ4v) is 2.63. The Morgan fingerprint density at radius 3 is 2.74 bits per heavy atom. The smallest absolute Gasteiger partial charge is 0.232 e. The van der Waals surface area contributed by atoms with Gasteiger partial charge in [-0.2, -0.15) is 5.10 Å². The molecule has 19 heavy (non-hydrogen) atoms. The summed E-state index contributed by atoms with van der Waals surface area (Å²) in [7, 11) is 1.82. The van der Waals surface area contributed by atoms with Crippen LogP contribution in [0.2, 0.25) is 0 Å². The lowest BCUT2D eigenvalue weighted by Crippen LogP contribution is -2.51. The summed E-state index contributed by atoms with van der Waals surface area (Å²) in [5.74, 6) is -0.0240. The van der Waals surface area contributed by atoms with Crippen molar-refractivity contribution in [3.8, 4) is 0 Å². The average Bonchev–Trinajstić information content (AvgIpc) is 2.74. The molecule has 1 aliphatic rings. The Morgan fingerprint density at radius 2 is 2.21 bits per heavy atom. The lowest BCUT2D eigenvalue weighted by atomic mass is 9.84. The number of amides is 1. The third kappa shape index (κ3) is 2.80. The monoisotopic (exact) mass is 267 g/mol. The summed E-state index contributed by atoms with van der Waals surface area (Å²) >= 11 is 0. The Hall–Kier alpha value is -1.39. The van der Waals surface area contributed by atoms with Gasteiger partial charge in [0, 0.05) is 25.4 Å². The molecule has 1 saturated heterocycles. The van der Waals surface area contributed by atoms with E-state index in [1.165, 1.54) is 0 Å². The standard InChI is InChI=1S/C14H22FN3O/c1-13(2,11-8-16-17(4)9-11)12(19)18-7-5-6-14(3,15)10-18/h8-9H,5-7,10H2,1-4H3. The number of piperidine rings is 1. The second-order valence-corrected chi connectivity index (χ2v) is 6.27. The summed E-state index contributed by atoms with van der Waals surface area (Å²) in [5.41, 5.74) is -1.06. The zero-order valence-corrected chi connectivity index (χ0v) is 12.1. The molecule has 1 atom stereocenters. The molecule has 0 aromatic carbocycles. The van der Waals surface area contributed by atoms with Gasteiger partial charge in [-0.1, -0.05) is 0 Å². The van der Waals surface area contributed by atoms with Crippen LogP contribution >= 0.6 is 0 Å². The SMILES string of the molecule is Cn1cc(C(C)(C)C(=O)N2CCCC(C)(F)C2)cn1. The zero-order valence-electron chi connectivity index (χ0n) is 12.1. The number of nitrogens with zero attached hydrogens (tertiary/aromatic N) is 3. The van der Waals surface area contributed by atoms with Gasteiger partial charge in [-0.3, -0.25) is 9.48 Å². The minimum absolute atomic E-state index is 0.0240. The van der Waals surface area contributed by atoms with Crippen LogP contribution in [0, 0.1) is 0 Å². The van der Waals surface area contributed by atoms with Crippen molar-refractivity contribution in [1.82, 2.24) is 14.7 Å². The summed E-state index contributed by atoms with van der Waals surface area (Å²) in [6.45, 7) is 6.15. The van der Waals surface area contributed by atoms with Gasteiger partial charge in [0.25, 0.3) is 0 Å². The minimum atomic E-state index is -1.26. The minimum Gasteiger partial charge on any atom is -0.339 e. The van der Waals surface area contributed by atoms with E-state index in [2.05, 4.69) is 5.10 Å². The van der Waals surface area contributed by atoms with Gasteiger partial charge in [0.2, 0.25) is 5.91 Å². The van der Waals surface area contributed by atoms with E-state index in [1.807, 2.05) is 27.1 Å². The summed E-state index contributed by atoms with van der Waals surface area (Å²) in [4.78, 5) is 14.3. The van der Waals surface area contributed by atoms with Crippen molar-refractivity contribution in [2.45, 2.75) is 44.7 Å². The number of carbonyl (C=O) groups excluding carboxylic acids is 1. The molecule has 106 valence electrons. The maximum Gasteiger partial charge on any atom is 0.232 e. The first kappa shape index (κ1) is 14.0. The van der Waals surface area contributed by atoms with Gasteiger partial charge in [-0.15, -0.1) is 0 Å².